The van der Waals surface area contributed by atoms with Crippen LogP contribution in [-0.2, 0) is 11.2 Å². The summed E-state index contributed by atoms with van der Waals surface area (Å²) in [7, 11) is 1.40. The minimum absolute atomic E-state index is 0.0533. The maximum Gasteiger partial charge on any atom is 0.267 e. The average Bonchev–Trinajstić information content (AvgIpc) is 2.92. The summed E-state index contributed by atoms with van der Waals surface area (Å²) < 4.78 is 48.2. The molecule has 3 N–H and O–H groups in total. The monoisotopic (exact) mass is 577 g/mol. The predicted molar refractivity (Wildman–Crippen MR) is 147 cm³/mol. The summed E-state index contributed by atoms with van der Waals surface area (Å²) in [6.45, 7) is 0. The fourth-order valence-electron chi connectivity index (χ4n) is 4.03. The van der Waals surface area contributed by atoms with Crippen LogP contribution in [0.3, 0.4) is 0 Å². The molecule has 0 bridgehead atoms. The normalized spacial score (nSPS) is 11.6. The number of pyridine rings is 1. The molecule has 3 aromatic heterocycles. The number of aromatic nitrogens is 5. The van der Waals surface area contributed by atoms with Crippen molar-refractivity contribution in [1.29, 1.82) is 0 Å². The summed E-state index contributed by atoms with van der Waals surface area (Å²) in [6.07, 6.45) is 1.28. The number of nitrogens with one attached hydrogen (secondary N) is 1. The van der Waals surface area contributed by atoms with Gasteiger partial charge in [-0.2, -0.15) is 0 Å². The van der Waals surface area contributed by atoms with Crippen LogP contribution < -0.4 is 16.6 Å². The molecule has 1 unspecified atom stereocenters. The fourth-order valence-corrected chi connectivity index (χ4v) is 4.28. The molecule has 0 saturated heterocycles. The molecule has 5 aromatic rings. The molecule has 41 heavy (non-hydrogen) atoms. The van der Waals surface area contributed by atoms with Crippen molar-refractivity contribution >= 4 is 34.1 Å². The molecule has 9 nitrogen and oxygen atoms in total. The molecule has 3 heterocycles. The number of ether oxygens (including phenoxy) is 1. The Hall–Kier alpha value is -4.99. The van der Waals surface area contributed by atoms with Gasteiger partial charge in [-0.1, -0.05) is 23.6 Å². The maximum atomic E-state index is 14.2. The maximum absolute atomic E-state index is 14.2. The summed E-state index contributed by atoms with van der Waals surface area (Å²) in [5.74, 6) is 3.69. The van der Waals surface area contributed by atoms with Crippen LogP contribution in [0.1, 0.15) is 17.1 Å². The Morgan fingerprint density at radius 1 is 1.05 bits per heavy atom. The largest absolute Gasteiger partial charge is 0.382 e. The van der Waals surface area contributed by atoms with Crippen molar-refractivity contribution in [3.05, 3.63) is 111 Å². The molecule has 0 aliphatic heterocycles. The van der Waals surface area contributed by atoms with E-state index in [1.807, 2.05) is 0 Å². The molecule has 206 valence electrons. The van der Waals surface area contributed by atoms with E-state index >= 15 is 0 Å². The zero-order valence-electron chi connectivity index (χ0n) is 21.2. The molecule has 0 spiro atoms. The first-order chi connectivity index (χ1) is 19.7. The number of halogens is 4. The molecule has 0 aliphatic rings. The molecule has 0 fully saturated rings. The van der Waals surface area contributed by atoms with Gasteiger partial charge in [-0.05, 0) is 42.3 Å². The predicted octanol–water partition coefficient (Wildman–Crippen LogP) is 4.25. The summed E-state index contributed by atoms with van der Waals surface area (Å²) in [4.78, 5) is 30.3. The standard InChI is InChI=1S/C28H19ClF3N7O2/c1-41-24(38-27-20(26(33)35-14-36-27)8-7-18-6-5-15(30)13-34-18)12-23-37-22-4-2-3-21(29)25(22)28(40)39(23)19-10-16(31)9-17(32)11-19/h2-6,9-11,13-14,24H,12H2,1H3,(H3,33,35,36,38). The number of anilines is 2. The van der Waals surface area contributed by atoms with E-state index in [2.05, 4.69) is 37.1 Å². The van der Waals surface area contributed by atoms with Gasteiger partial charge in [0.15, 0.2) is 0 Å². The third-order valence-corrected chi connectivity index (χ3v) is 6.21. The highest BCUT2D eigenvalue weighted by Crippen LogP contribution is 2.23. The van der Waals surface area contributed by atoms with E-state index in [1.54, 1.807) is 12.1 Å². The molecule has 2 aromatic carbocycles. The van der Waals surface area contributed by atoms with Gasteiger partial charge in [-0.25, -0.2) is 33.1 Å². The lowest BCUT2D eigenvalue weighted by molar-refractivity contribution is 0.123. The van der Waals surface area contributed by atoms with Crippen molar-refractivity contribution in [1.82, 2.24) is 24.5 Å². The summed E-state index contributed by atoms with van der Waals surface area (Å²) in [5, 5.41) is 3.26. The van der Waals surface area contributed by atoms with Crippen LogP contribution in [0.5, 0.6) is 0 Å². The zero-order valence-corrected chi connectivity index (χ0v) is 22.0. The first kappa shape index (κ1) is 27.6. The van der Waals surface area contributed by atoms with Gasteiger partial charge in [0.05, 0.1) is 34.2 Å². The van der Waals surface area contributed by atoms with E-state index in [4.69, 9.17) is 22.1 Å². The average molecular weight is 578 g/mol. The van der Waals surface area contributed by atoms with Crippen molar-refractivity contribution in [2.45, 2.75) is 12.6 Å². The second-order valence-corrected chi connectivity index (χ2v) is 9.00. The quantitative estimate of drug-likeness (QED) is 0.227. The number of hydrogen-bond donors (Lipinski definition) is 2. The SMILES string of the molecule is COC(Cc1nc2cccc(Cl)c2c(=O)n1-c1cc(F)cc(F)c1)Nc1ncnc(N)c1C#Cc1ccc(F)cn1. The molecule has 5 rings (SSSR count). The Bertz CT molecular complexity index is 1870. The molecule has 13 heteroatoms. The summed E-state index contributed by atoms with van der Waals surface area (Å²) >= 11 is 6.29. The highest BCUT2D eigenvalue weighted by molar-refractivity contribution is 6.35. The molecular formula is C28H19ClF3N7O2. The summed E-state index contributed by atoms with van der Waals surface area (Å²) in [6, 6.07) is 10.1. The van der Waals surface area contributed by atoms with Crippen LogP contribution >= 0.6 is 11.6 Å². The highest BCUT2D eigenvalue weighted by atomic mass is 35.5. The van der Waals surface area contributed by atoms with Crippen LogP contribution in [0.2, 0.25) is 5.02 Å². The van der Waals surface area contributed by atoms with E-state index in [0.29, 0.717) is 6.07 Å². The molecule has 0 amide bonds. The number of hydrogen-bond acceptors (Lipinski definition) is 8. The minimum atomic E-state index is -0.887. The number of nitrogen functional groups attached to an aromatic ring is 1. The fraction of sp³-hybridized carbons (Fsp3) is 0.107. The van der Waals surface area contributed by atoms with Crippen molar-refractivity contribution in [3.8, 4) is 17.5 Å². The van der Waals surface area contributed by atoms with Gasteiger partial charge in [0.1, 0.15) is 58.7 Å². The molecule has 0 saturated carbocycles. The second-order valence-electron chi connectivity index (χ2n) is 8.60. The number of fused-ring (bicyclic) bond motifs is 1. The third-order valence-electron chi connectivity index (χ3n) is 5.89. The van der Waals surface area contributed by atoms with Gasteiger partial charge < -0.3 is 15.8 Å². The van der Waals surface area contributed by atoms with Gasteiger partial charge in [-0.3, -0.25) is 9.36 Å². The Balaban J connectivity index is 1.56. The number of benzene rings is 2. The Kier molecular flexibility index (Phi) is 7.82. The minimum Gasteiger partial charge on any atom is -0.382 e. The van der Waals surface area contributed by atoms with Gasteiger partial charge in [0.25, 0.3) is 5.56 Å². The Morgan fingerprint density at radius 3 is 2.54 bits per heavy atom. The third kappa shape index (κ3) is 5.96. The lowest BCUT2D eigenvalue weighted by Gasteiger charge is -2.21. The van der Waals surface area contributed by atoms with Crippen LogP contribution in [0, 0.1) is 29.3 Å². The van der Waals surface area contributed by atoms with E-state index in [-0.39, 0.29) is 56.8 Å². The van der Waals surface area contributed by atoms with Gasteiger partial charge >= 0.3 is 0 Å². The van der Waals surface area contributed by atoms with E-state index in [9.17, 15) is 18.0 Å². The first-order valence-electron chi connectivity index (χ1n) is 11.9. The highest BCUT2D eigenvalue weighted by Gasteiger charge is 2.21. The molecular weight excluding hydrogens is 559 g/mol. The lowest BCUT2D eigenvalue weighted by atomic mass is 10.2. The molecule has 0 aliphatic carbocycles. The van der Waals surface area contributed by atoms with Crippen molar-refractivity contribution in [2.75, 3.05) is 18.2 Å². The number of rotatable bonds is 6. The zero-order chi connectivity index (χ0) is 29.1. The molecule has 0 radical (unpaired) electrons. The van der Waals surface area contributed by atoms with Gasteiger partial charge in [0, 0.05) is 13.2 Å². The van der Waals surface area contributed by atoms with Crippen molar-refractivity contribution < 1.29 is 17.9 Å². The van der Waals surface area contributed by atoms with E-state index in [0.717, 1.165) is 22.9 Å². The Labute approximate surface area is 235 Å². The van der Waals surface area contributed by atoms with Crippen LogP contribution in [0.4, 0.5) is 24.8 Å². The van der Waals surface area contributed by atoms with Crippen LogP contribution in [0.15, 0.2) is 65.8 Å². The summed E-state index contributed by atoms with van der Waals surface area (Å²) in [5.41, 5.74) is 6.12. The van der Waals surface area contributed by atoms with Gasteiger partial charge in [-0.15, -0.1) is 0 Å². The second kappa shape index (κ2) is 11.6. The topological polar surface area (TPSA) is 121 Å². The van der Waals surface area contributed by atoms with Gasteiger partial charge in [0.2, 0.25) is 0 Å². The smallest absolute Gasteiger partial charge is 0.267 e. The number of methoxy groups -OCH3 is 1. The first-order valence-corrected chi connectivity index (χ1v) is 12.3. The Morgan fingerprint density at radius 2 is 1.83 bits per heavy atom. The van der Waals surface area contributed by atoms with Crippen LogP contribution in [-0.4, -0.2) is 37.8 Å². The molecule has 1 atom stereocenters. The number of nitrogens with two attached hydrogens (primary N) is 1. The van der Waals surface area contributed by atoms with Crippen molar-refractivity contribution in [2.24, 2.45) is 0 Å². The number of nitrogens with zero attached hydrogens (tertiary/aromatic N) is 5. The van der Waals surface area contributed by atoms with Crippen molar-refractivity contribution in [3.63, 3.8) is 0 Å². The van der Waals surface area contributed by atoms with Crippen LogP contribution in [0.25, 0.3) is 16.6 Å². The van der Waals surface area contributed by atoms with E-state index in [1.165, 1.54) is 31.6 Å². The lowest BCUT2D eigenvalue weighted by Crippen LogP contribution is -2.31. The van der Waals surface area contributed by atoms with E-state index < -0.39 is 29.2 Å².